The lowest BCUT2D eigenvalue weighted by Crippen LogP contribution is -2.34. The van der Waals surface area contributed by atoms with Gasteiger partial charge in [-0.1, -0.05) is 0 Å². The van der Waals surface area contributed by atoms with Gasteiger partial charge in [0.05, 0.1) is 12.7 Å². The number of rotatable bonds is 5. The summed E-state index contributed by atoms with van der Waals surface area (Å²) in [7, 11) is 0. The second-order valence-electron chi connectivity index (χ2n) is 4.02. The van der Waals surface area contributed by atoms with Crippen LogP contribution in [-0.4, -0.2) is 28.0 Å². The van der Waals surface area contributed by atoms with Crippen molar-refractivity contribution in [3.8, 4) is 10.6 Å². The Bertz CT molecular complexity index is 576. The summed E-state index contributed by atoms with van der Waals surface area (Å²) in [6, 6.07) is 1.32. The average molecular weight is 280 g/mol. The van der Waals surface area contributed by atoms with Crippen LogP contribution in [0.15, 0.2) is 28.4 Å². The number of hydrogen-bond donors (Lipinski definition) is 2. The Labute approximate surface area is 113 Å². The van der Waals surface area contributed by atoms with E-state index in [2.05, 4.69) is 10.3 Å². The van der Waals surface area contributed by atoms with Crippen molar-refractivity contribution in [2.45, 2.75) is 19.4 Å². The molecule has 1 atom stereocenters. The van der Waals surface area contributed by atoms with Gasteiger partial charge < -0.3 is 14.8 Å². The molecule has 2 aromatic rings. The van der Waals surface area contributed by atoms with E-state index >= 15 is 0 Å². The van der Waals surface area contributed by atoms with Crippen LogP contribution < -0.4 is 5.32 Å². The van der Waals surface area contributed by atoms with Crippen molar-refractivity contribution >= 4 is 23.2 Å². The van der Waals surface area contributed by atoms with Crippen LogP contribution in [0.25, 0.3) is 10.6 Å². The van der Waals surface area contributed by atoms with Gasteiger partial charge in [-0.05, 0) is 13.0 Å². The third kappa shape index (κ3) is 3.41. The molecule has 0 bridgehead atoms. The summed E-state index contributed by atoms with van der Waals surface area (Å²) in [5.74, 6) is -1.33. The molecule has 19 heavy (non-hydrogen) atoms. The van der Waals surface area contributed by atoms with E-state index in [0.717, 1.165) is 5.56 Å². The Morgan fingerprint density at radius 3 is 3.00 bits per heavy atom. The SMILES string of the molecule is CC(CC(=O)O)NC(=O)c1csc(-c2ccoc2)n1. The lowest BCUT2D eigenvalue weighted by Gasteiger charge is -2.09. The van der Waals surface area contributed by atoms with Gasteiger partial charge in [0.1, 0.15) is 17.0 Å². The molecule has 0 saturated heterocycles. The average Bonchev–Trinajstić information content (AvgIpc) is 2.99. The van der Waals surface area contributed by atoms with Crippen molar-refractivity contribution in [2.24, 2.45) is 0 Å². The number of thiazole rings is 1. The van der Waals surface area contributed by atoms with E-state index in [0.29, 0.717) is 5.01 Å². The fourth-order valence-electron chi connectivity index (χ4n) is 1.51. The van der Waals surface area contributed by atoms with Gasteiger partial charge in [0, 0.05) is 17.0 Å². The lowest BCUT2D eigenvalue weighted by molar-refractivity contribution is -0.137. The fraction of sp³-hybridized carbons (Fsp3) is 0.250. The normalized spacial score (nSPS) is 12.1. The van der Waals surface area contributed by atoms with E-state index in [1.165, 1.54) is 17.6 Å². The van der Waals surface area contributed by atoms with Gasteiger partial charge in [0.15, 0.2) is 0 Å². The summed E-state index contributed by atoms with van der Waals surface area (Å²) < 4.78 is 4.95. The quantitative estimate of drug-likeness (QED) is 0.873. The fourth-order valence-corrected chi connectivity index (χ4v) is 2.29. The Hall–Kier alpha value is -2.15. The van der Waals surface area contributed by atoms with Gasteiger partial charge in [0.2, 0.25) is 0 Å². The number of aromatic nitrogens is 1. The first-order valence-corrected chi connectivity index (χ1v) is 6.45. The number of carbonyl (C=O) groups excluding carboxylic acids is 1. The van der Waals surface area contributed by atoms with Gasteiger partial charge in [-0.25, -0.2) is 4.98 Å². The lowest BCUT2D eigenvalue weighted by atomic mass is 10.2. The summed E-state index contributed by atoms with van der Waals surface area (Å²) in [5, 5.41) is 13.5. The molecule has 0 radical (unpaired) electrons. The highest BCUT2D eigenvalue weighted by molar-refractivity contribution is 7.13. The number of amides is 1. The highest BCUT2D eigenvalue weighted by Crippen LogP contribution is 2.23. The van der Waals surface area contributed by atoms with Gasteiger partial charge in [-0.3, -0.25) is 9.59 Å². The van der Waals surface area contributed by atoms with Gasteiger partial charge in [-0.2, -0.15) is 0 Å². The number of hydrogen-bond acceptors (Lipinski definition) is 5. The Kier molecular flexibility index (Phi) is 3.96. The van der Waals surface area contributed by atoms with E-state index in [1.807, 2.05) is 0 Å². The number of nitrogens with zero attached hydrogens (tertiary/aromatic N) is 1. The molecule has 0 aliphatic heterocycles. The maximum absolute atomic E-state index is 11.8. The van der Waals surface area contributed by atoms with Crippen LogP contribution in [0.2, 0.25) is 0 Å². The molecule has 0 aromatic carbocycles. The summed E-state index contributed by atoms with van der Waals surface area (Å²) in [5.41, 5.74) is 1.08. The van der Waals surface area contributed by atoms with Crippen molar-refractivity contribution < 1.29 is 19.1 Å². The first kappa shape index (κ1) is 13.3. The predicted molar refractivity (Wildman–Crippen MR) is 69.0 cm³/mol. The van der Waals surface area contributed by atoms with Crippen LogP contribution in [-0.2, 0) is 4.79 Å². The van der Waals surface area contributed by atoms with Crippen LogP contribution in [0.4, 0.5) is 0 Å². The minimum Gasteiger partial charge on any atom is -0.481 e. The second-order valence-corrected chi connectivity index (χ2v) is 4.88. The van der Waals surface area contributed by atoms with Crippen molar-refractivity contribution in [3.05, 3.63) is 29.7 Å². The minimum absolute atomic E-state index is 0.121. The zero-order chi connectivity index (χ0) is 13.8. The molecule has 2 heterocycles. The first-order chi connectivity index (χ1) is 9.06. The number of furan rings is 1. The van der Waals surface area contributed by atoms with Gasteiger partial charge >= 0.3 is 5.97 Å². The van der Waals surface area contributed by atoms with Crippen molar-refractivity contribution in [3.63, 3.8) is 0 Å². The van der Waals surface area contributed by atoms with E-state index in [9.17, 15) is 9.59 Å². The minimum atomic E-state index is -0.954. The number of carbonyl (C=O) groups is 2. The molecular formula is C12H12N2O4S. The molecule has 0 saturated carbocycles. The molecule has 0 fully saturated rings. The summed E-state index contributed by atoms with van der Waals surface area (Å²) >= 11 is 1.33. The summed E-state index contributed by atoms with van der Waals surface area (Å²) in [4.78, 5) is 26.5. The molecule has 2 rings (SSSR count). The van der Waals surface area contributed by atoms with Crippen LogP contribution in [0.5, 0.6) is 0 Å². The zero-order valence-electron chi connectivity index (χ0n) is 10.1. The van der Waals surface area contributed by atoms with Crippen molar-refractivity contribution in [1.82, 2.24) is 10.3 Å². The molecule has 1 unspecified atom stereocenters. The Morgan fingerprint density at radius 1 is 1.58 bits per heavy atom. The Morgan fingerprint density at radius 2 is 2.37 bits per heavy atom. The van der Waals surface area contributed by atoms with Gasteiger partial charge in [-0.15, -0.1) is 11.3 Å². The standard InChI is InChI=1S/C12H12N2O4S/c1-7(4-10(15)16)13-11(17)9-6-19-12(14-9)8-2-3-18-5-8/h2-3,5-7H,4H2,1H3,(H,13,17)(H,15,16). The number of nitrogens with one attached hydrogen (secondary N) is 1. The molecule has 0 aliphatic rings. The summed E-state index contributed by atoms with van der Waals surface area (Å²) in [6.07, 6.45) is 2.96. The van der Waals surface area contributed by atoms with E-state index in [-0.39, 0.29) is 18.0 Å². The third-order valence-corrected chi connectivity index (χ3v) is 3.25. The topological polar surface area (TPSA) is 92.4 Å². The second kappa shape index (κ2) is 5.66. The highest BCUT2D eigenvalue weighted by atomic mass is 32.1. The summed E-state index contributed by atoms with van der Waals surface area (Å²) in [6.45, 7) is 1.63. The predicted octanol–water partition coefficient (Wildman–Crippen LogP) is 2.00. The zero-order valence-corrected chi connectivity index (χ0v) is 10.9. The largest absolute Gasteiger partial charge is 0.481 e. The highest BCUT2D eigenvalue weighted by Gasteiger charge is 2.16. The third-order valence-electron chi connectivity index (χ3n) is 2.36. The molecular weight excluding hydrogens is 268 g/mol. The molecule has 6 nitrogen and oxygen atoms in total. The maximum atomic E-state index is 11.8. The number of aliphatic carboxylic acids is 1. The molecule has 2 aromatic heterocycles. The van der Waals surface area contributed by atoms with Crippen LogP contribution >= 0.6 is 11.3 Å². The maximum Gasteiger partial charge on any atom is 0.305 e. The van der Waals surface area contributed by atoms with Gasteiger partial charge in [0.25, 0.3) is 5.91 Å². The molecule has 100 valence electrons. The van der Waals surface area contributed by atoms with Crippen LogP contribution in [0.3, 0.4) is 0 Å². The molecule has 1 amide bonds. The van der Waals surface area contributed by atoms with Crippen LogP contribution in [0, 0.1) is 0 Å². The Balaban J connectivity index is 2.02. The van der Waals surface area contributed by atoms with E-state index in [1.54, 1.807) is 24.6 Å². The molecule has 0 spiro atoms. The molecule has 7 heteroatoms. The van der Waals surface area contributed by atoms with Crippen molar-refractivity contribution in [2.75, 3.05) is 0 Å². The van der Waals surface area contributed by atoms with E-state index < -0.39 is 12.0 Å². The van der Waals surface area contributed by atoms with E-state index in [4.69, 9.17) is 9.52 Å². The van der Waals surface area contributed by atoms with Crippen LogP contribution in [0.1, 0.15) is 23.8 Å². The first-order valence-electron chi connectivity index (χ1n) is 5.57. The van der Waals surface area contributed by atoms with Crippen molar-refractivity contribution in [1.29, 1.82) is 0 Å². The smallest absolute Gasteiger partial charge is 0.305 e. The molecule has 2 N–H and O–H groups in total. The molecule has 0 aliphatic carbocycles. The monoisotopic (exact) mass is 280 g/mol. The number of carboxylic acid groups (broad SMARTS) is 1. The number of carboxylic acids is 1.